The van der Waals surface area contributed by atoms with E-state index in [0.29, 0.717) is 17.5 Å². The third-order valence-corrected chi connectivity index (χ3v) is 11.2. The van der Waals surface area contributed by atoms with Gasteiger partial charge < -0.3 is 4.42 Å². The number of fused-ring (bicyclic) bond motifs is 8. The highest BCUT2D eigenvalue weighted by Gasteiger charge is 2.44. The van der Waals surface area contributed by atoms with Crippen LogP contribution in [0.15, 0.2) is 120 Å². The van der Waals surface area contributed by atoms with Crippen LogP contribution in [0.5, 0.6) is 0 Å². The first-order valence-electron chi connectivity index (χ1n) is 18.0. The monoisotopic (exact) mass is 658 g/mol. The maximum Gasteiger partial charge on any atom is 0.164 e. The molecule has 5 aromatic carbocycles. The average molecular weight is 659 g/mol. The smallest absolute Gasteiger partial charge is 0.164 e. The van der Waals surface area contributed by atoms with Crippen molar-refractivity contribution >= 4 is 17.0 Å². The summed E-state index contributed by atoms with van der Waals surface area (Å²) in [6.45, 7) is 0. The number of hydrogen-bond acceptors (Lipinski definition) is 5. The molecule has 5 nitrogen and oxygen atoms in total. The van der Waals surface area contributed by atoms with Crippen LogP contribution in [-0.2, 0) is 11.8 Å². The van der Waals surface area contributed by atoms with Crippen molar-refractivity contribution in [1.29, 1.82) is 5.26 Å². The second-order valence-corrected chi connectivity index (χ2v) is 14.1. The van der Waals surface area contributed by atoms with Crippen LogP contribution in [0.1, 0.15) is 66.5 Å². The predicted octanol–water partition coefficient (Wildman–Crippen LogP) is 11.3. The first-order valence-corrected chi connectivity index (χ1v) is 18.0. The fourth-order valence-electron chi connectivity index (χ4n) is 8.79. The van der Waals surface area contributed by atoms with Crippen LogP contribution in [0, 0.1) is 11.3 Å². The van der Waals surface area contributed by atoms with Crippen LogP contribution in [0.4, 0.5) is 0 Å². The first-order chi connectivity index (χ1) is 25.2. The molecular formula is C46H34N4O. The Labute approximate surface area is 297 Å². The fraction of sp³-hybridized carbons (Fsp3) is 0.174. The SMILES string of the molecule is N#Cc1ccc2c(c1)C1(CCCCC1)c1cccc(-c3ccc(-c4nc(-c5ccccc5)nc(-c5ccc6oc7c(c6c5)C=CCC7)n4)cc3)c1-2. The molecule has 244 valence electrons. The van der Waals surface area contributed by atoms with Crippen molar-refractivity contribution in [2.75, 3.05) is 0 Å². The lowest BCUT2D eigenvalue weighted by molar-refractivity contribution is 0.353. The van der Waals surface area contributed by atoms with Gasteiger partial charge in [-0.25, -0.2) is 15.0 Å². The van der Waals surface area contributed by atoms with Gasteiger partial charge in [0.1, 0.15) is 11.3 Å². The molecule has 0 atom stereocenters. The van der Waals surface area contributed by atoms with Gasteiger partial charge in [0, 0.05) is 39.5 Å². The molecule has 2 aromatic heterocycles. The van der Waals surface area contributed by atoms with Gasteiger partial charge in [0.25, 0.3) is 0 Å². The van der Waals surface area contributed by atoms with E-state index in [0.717, 1.165) is 75.8 Å². The predicted molar refractivity (Wildman–Crippen MR) is 203 cm³/mol. The molecule has 1 saturated carbocycles. The van der Waals surface area contributed by atoms with Crippen molar-refractivity contribution in [3.8, 4) is 62.5 Å². The maximum absolute atomic E-state index is 9.79. The number of hydrogen-bond donors (Lipinski definition) is 0. The van der Waals surface area contributed by atoms with E-state index in [4.69, 9.17) is 19.4 Å². The van der Waals surface area contributed by atoms with Gasteiger partial charge in [0.15, 0.2) is 17.5 Å². The normalized spacial score (nSPS) is 15.4. The molecular weight excluding hydrogens is 625 g/mol. The Morgan fingerprint density at radius 2 is 1.35 bits per heavy atom. The lowest BCUT2D eigenvalue weighted by Crippen LogP contribution is -2.28. The molecule has 7 aromatic rings. The highest BCUT2D eigenvalue weighted by atomic mass is 16.3. The second kappa shape index (κ2) is 11.7. The van der Waals surface area contributed by atoms with Crippen LogP contribution in [0.25, 0.3) is 73.5 Å². The summed E-state index contributed by atoms with van der Waals surface area (Å²) >= 11 is 0. The standard InChI is InChI=1S/C46H34N4O/c47-28-29-16-22-36-39(26-29)46(24-7-2-8-25-46)38-14-9-13-34(42(36)38)30-17-19-32(20-18-30)44-48-43(31-10-3-1-4-11-31)49-45(50-44)33-21-23-41-37(27-33)35-12-5-6-15-40(35)51-41/h1,3-5,9-14,16-23,26-27H,2,6-8,15,24-25H2. The summed E-state index contributed by atoms with van der Waals surface area (Å²) < 4.78 is 6.19. The molecule has 1 fully saturated rings. The Balaban J connectivity index is 1.08. The van der Waals surface area contributed by atoms with Gasteiger partial charge in [-0.1, -0.05) is 110 Å². The van der Waals surface area contributed by atoms with E-state index in [1.54, 1.807) is 0 Å². The average Bonchev–Trinajstić information content (AvgIpc) is 3.71. The molecule has 51 heavy (non-hydrogen) atoms. The van der Waals surface area contributed by atoms with E-state index in [1.807, 2.05) is 48.5 Å². The van der Waals surface area contributed by atoms with Gasteiger partial charge in [-0.3, -0.25) is 0 Å². The number of aromatic nitrogens is 3. The van der Waals surface area contributed by atoms with Gasteiger partial charge in [-0.2, -0.15) is 5.26 Å². The molecule has 0 radical (unpaired) electrons. The molecule has 0 saturated heterocycles. The van der Waals surface area contributed by atoms with Crippen molar-refractivity contribution in [1.82, 2.24) is 15.0 Å². The van der Waals surface area contributed by atoms with Crippen LogP contribution < -0.4 is 0 Å². The van der Waals surface area contributed by atoms with Crippen LogP contribution >= 0.6 is 0 Å². The summed E-state index contributed by atoms with van der Waals surface area (Å²) in [4.78, 5) is 15.1. The van der Waals surface area contributed by atoms with Crippen molar-refractivity contribution in [2.45, 2.75) is 50.4 Å². The molecule has 3 aliphatic rings. The Morgan fingerprint density at radius 3 is 2.14 bits per heavy atom. The van der Waals surface area contributed by atoms with Gasteiger partial charge >= 0.3 is 0 Å². The minimum absolute atomic E-state index is 0.0179. The summed E-state index contributed by atoms with van der Waals surface area (Å²) in [6.07, 6.45) is 12.2. The van der Waals surface area contributed by atoms with Crippen LogP contribution in [-0.4, -0.2) is 15.0 Å². The topological polar surface area (TPSA) is 75.6 Å². The summed E-state index contributed by atoms with van der Waals surface area (Å²) in [5.41, 5.74) is 13.3. The Bertz CT molecular complexity index is 2570. The molecule has 0 bridgehead atoms. The molecule has 0 N–H and O–H groups in total. The zero-order valence-electron chi connectivity index (χ0n) is 28.2. The Morgan fingerprint density at radius 1 is 0.627 bits per heavy atom. The molecule has 0 aliphatic heterocycles. The van der Waals surface area contributed by atoms with E-state index >= 15 is 0 Å². The maximum atomic E-state index is 9.79. The van der Waals surface area contributed by atoms with Gasteiger partial charge in [0.05, 0.1) is 11.6 Å². The van der Waals surface area contributed by atoms with Gasteiger partial charge in [-0.05, 0) is 83.0 Å². The van der Waals surface area contributed by atoms with Crippen molar-refractivity contribution in [3.63, 3.8) is 0 Å². The lowest BCUT2D eigenvalue weighted by atomic mass is 9.67. The quantitative estimate of drug-likeness (QED) is 0.188. The first kappa shape index (κ1) is 29.8. The molecule has 1 spiro atoms. The van der Waals surface area contributed by atoms with Gasteiger partial charge in [0.2, 0.25) is 0 Å². The van der Waals surface area contributed by atoms with Crippen molar-refractivity contribution in [2.24, 2.45) is 0 Å². The minimum Gasteiger partial charge on any atom is -0.460 e. The lowest BCUT2D eigenvalue weighted by Gasteiger charge is -2.36. The molecule has 0 unspecified atom stereocenters. The molecule has 10 rings (SSSR count). The summed E-state index contributed by atoms with van der Waals surface area (Å²) in [7, 11) is 0. The Hall–Kier alpha value is -6.12. The summed E-state index contributed by atoms with van der Waals surface area (Å²) in [5, 5.41) is 10.9. The number of furan rings is 1. The third-order valence-electron chi connectivity index (χ3n) is 11.2. The van der Waals surface area contributed by atoms with E-state index < -0.39 is 0 Å². The van der Waals surface area contributed by atoms with Gasteiger partial charge in [-0.15, -0.1) is 0 Å². The number of nitrogens with zero attached hydrogens (tertiary/aromatic N) is 4. The summed E-state index contributed by atoms with van der Waals surface area (Å²) in [6, 6.07) is 40.5. The zero-order chi connectivity index (χ0) is 33.9. The number of benzene rings is 5. The van der Waals surface area contributed by atoms with Crippen LogP contribution in [0.2, 0.25) is 0 Å². The fourth-order valence-corrected chi connectivity index (χ4v) is 8.79. The minimum atomic E-state index is -0.0179. The summed E-state index contributed by atoms with van der Waals surface area (Å²) in [5.74, 6) is 2.94. The third kappa shape index (κ3) is 4.78. The second-order valence-electron chi connectivity index (χ2n) is 14.1. The van der Waals surface area contributed by atoms with Crippen molar-refractivity contribution < 1.29 is 4.42 Å². The van der Waals surface area contributed by atoms with Crippen molar-refractivity contribution in [3.05, 3.63) is 143 Å². The zero-order valence-corrected chi connectivity index (χ0v) is 28.2. The Kier molecular flexibility index (Phi) is 6.86. The molecule has 5 heteroatoms. The number of allylic oxidation sites excluding steroid dienone is 1. The van der Waals surface area contributed by atoms with Crippen LogP contribution in [0.3, 0.4) is 0 Å². The number of rotatable bonds is 4. The van der Waals surface area contributed by atoms with E-state index in [2.05, 4.69) is 78.9 Å². The number of aryl methyl sites for hydroxylation is 1. The molecule has 3 aliphatic carbocycles. The largest absolute Gasteiger partial charge is 0.460 e. The molecule has 0 amide bonds. The van der Waals surface area contributed by atoms with E-state index in [9.17, 15) is 5.26 Å². The van der Waals surface area contributed by atoms with E-state index in [-0.39, 0.29) is 5.41 Å². The highest BCUT2D eigenvalue weighted by molar-refractivity contribution is 5.94. The molecule has 2 heterocycles. The highest BCUT2D eigenvalue weighted by Crippen LogP contribution is 2.58. The van der Waals surface area contributed by atoms with E-state index in [1.165, 1.54) is 47.1 Å². The number of nitriles is 1.